The minimum atomic E-state index is -0.226. The Balaban J connectivity index is 1.40. The van der Waals surface area contributed by atoms with Crippen LogP contribution in [0.1, 0.15) is 40.7 Å². The van der Waals surface area contributed by atoms with Crippen LogP contribution >= 0.6 is 0 Å². The minimum absolute atomic E-state index is 0.226. The average Bonchev–Trinajstić information content (AvgIpc) is 3.43. The molecule has 1 atom stereocenters. The number of carbonyl (C=O) groups is 1. The van der Waals surface area contributed by atoms with E-state index in [1.54, 1.807) is 10.6 Å². The molecule has 1 saturated heterocycles. The summed E-state index contributed by atoms with van der Waals surface area (Å²) in [6.45, 7) is 3.84. The molecule has 0 radical (unpaired) electrons. The number of anilines is 1. The van der Waals surface area contributed by atoms with Gasteiger partial charge in [-0.05, 0) is 50.1 Å². The fourth-order valence-corrected chi connectivity index (χ4v) is 3.76. The number of hydrogen-bond acceptors (Lipinski definition) is 6. The Kier molecular flexibility index (Phi) is 4.76. The lowest BCUT2D eigenvalue weighted by atomic mass is 10.00. The van der Waals surface area contributed by atoms with Gasteiger partial charge >= 0.3 is 0 Å². The first-order valence-corrected chi connectivity index (χ1v) is 10.1. The molecular weight excluding hydrogens is 380 g/mol. The van der Waals surface area contributed by atoms with E-state index in [2.05, 4.69) is 25.8 Å². The zero-order valence-electron chi connectivity index (χ0n) is 16.6. The van der Waals surface area contributed by atoms with Gasteiger partial charge in [-0.2, -0.15) is 4.98 Å². The van der Waals surface area contributed by atoms with E-state index in [-0.39, 0.29) is 11.8 Å². The standard InChI is InChI=1S/C22H22N6O2/c1-14-7-8-15(20-26-22(30-27-20)16-5-4-9-23-12-16)11-17(14)25-21(29)18-13-24-19-6-2-3-10-28(18)19/h2-3,6-8,10-11,13,16,23H,4-5,9,12H2,1H3,(H,25,29)/t16-/m1/s1. The summed E-state index contributed by atoms with van der Waals surface area (Å²) in [5.41, 5.74) is 3.65. The van der Waals surface area contributed by atoms with Crippen LogP contribution in [0.4, 0.5) is 5.69 Å². The van der Waals surface area contributed by atoms with Crippen LogP contribution in [0.2, 0.25) is 0 Å². The van der Waals surface area contributed by atoms with Gasteiger partial charge in [0.05, 0.1) is 12.1 Å². The summed E-state index contributed by atoms with van der Waals surface area (Å²) in [6, 6.07) is 11.4. The topological polar surface area (TPSA) is 97.4 Å². The van der Waals surface area contributed by atoms with Gasteiger partial charge in [0.15, 0.2) is 0 Å². The van der Waals surface area contributed by atoms with Crippen molar-refractivity contribution in [3.05, 3.63) is 65.9 Å². The number of aromatic nitrogens is 4. The van der Waals surface area contributed by atoms with E-state index in [1.165, 1.54) is 0 Å². The maximum atomic E-state index is 12.9. The van der Waals surface area contributed by atoms with E-state index < -0.39 is 0 Å². The van der Waals surface area contributed by atoms with Crippen molar-refractivity contribution in [2.45, 2.75) is 25.7 Å². The molecule has 4 heterocycles. The van der Waals surface area contributed by atoms with Crippen molar-refractivity contribution >= 4 is 17.2 Å². The summed E-state index contributed by atoms with van der Waals surface area (Å²) in [5, 5.41) is 10.5. The van der Waals surface area contributed by atoms with Crippen LogP contribution in [-0.2, 0) is 0 Å². The highest BCUT2D eigenvalue weighted by Crippen LogP contribution is 2.27. The number of pyridine rings is 1. The van der Waals surface area contributed by atoms with Gasteiger partial charge in [-0.15, -0.1) is 0 Å². The van der Waals surface area contributed by atoms with Gasteiger partial charge in [0.2, 0.25) is 11.7 Å². The summed E-state index contributed by atoms with van der Waals surface area (Å²) in [5.74, 6) is 1.21. The molecule has 30 heavy (non-hydrogen) atoms. The Morgan fingerprint density at radius 1 is 1.30 bits per heavy atom. The number of carbonyl (C=O) groups excluding carboxylic acids is 1. The highest BCUT2D eigenvalue weighted by atomic mass is 16.5. The van der Waals surface area contributed by atoms with Crippen molar-refractivity contribution in [2.75, 3.05) is 18.4 Å². The summed E-state index contributed by atoms with van der Waals surface area (Å²) in [4.78, 5) is 21.8. The maximum absolute atomic E-state index is 12.9. The molecule has 8 nitrogen and oxygen atoms in total. The SMILES string of the molecule is Cc1ccc(-c2noc([C@@H]3CCCNC3)n2)cc1NC(=O)c1cnc2ccccn12. The van der Waals surface area contributed by atoms with Crippen molar-refractivity contribution in [2.24, 2.45) is 0 Å². The molecular formula is C22H22N6O2. The molecule has 2 N–H and O–H groups in total. The molecule has 0 aliphatic carbocycles. The predicted molar refractivity (Wildman–Crippen MR) is 112 cm³/mol. The minimum Gasteiger partial charge on any atom is -0.339 e. The van der Waals surface area contributed by atoms with Gasteiger partial charge in [0.1, 0.15) is 11.3 Å². The first-order chi connectivity index (χ1) is 14.7. The molecule has 152 valence electrons. The molecule has 0 unspecified atom stereocenters. The van der Waals surface area contributed by atoms with Crippen molar-refractivity contribution in [1.82, 2.24) is 24.8 Å². The molecule has 1 amide bonds. The molecule has 5 rings (SSSR count). The van der Waals surface area contributed by atoms with Gasteiger partial charge < -0.3 is 15.2 Å². The number of piperidine rings is 1. The van der Waals surface area contributed by atoms with Gasteiger partial charge in [0, 0.05) is 24.0 Å². The second kappa shape index (κ2) is 7.72. The molecule has 3 aromatic heterocycles. The monoisotopic (exact) mass is 402 g/mol. The van der Waals surface area contributed by atoms with Crippen LogP contribution in [0.3, 0.4) is 0 Å². The van der Waals surface area contributed by atoms with Crippen LogP contribution in [0, 0.1) is 6.92 Å². The Morgan fingerprint density at radius 2 is 2.23 bits per heavy atom. The maximum Gasteiger partial charge on any atom is 0.274 e. The van der Waals surface area contributed by atoms with E-state index in [9.17, 15) is 4.79 Å². The Hall–Kier alpha value is -3.52. The van der Waals surface area contributed by atoms with Crippen molar-refractivity contribution in [3.63, 3.8) is 0 Å². The summed E-state index contributed by atoms with van der Waals surface area (Å²) >= 11 is 0. The second-order valence-corrected chi connectivity index (χ2v) is 7.56. The van der Waals surface area contributed by atoms with Crippen LogP contribution in [0.15, 0.2) is 53.3 Å². The highest BCUT2D eigenvalue weighted by Gasteiger charge is 2.22. The Morgan fingerprint density at radius 3 is 3.10 bits per heavy atom. The lowest BCUT2D eigenvalue weighted by Gasteiger charge is -2.18. The Bertz CT molecular complexity index is 1210. The fraction of sp³-hybridized carbons (Fsp3) is 0.273. The summed E-state index contributed by atoms with van der Waals surface area (Å²) < 4.78 is 7.28. The highest BCUT2D eigenvalue weighted by molar-refractivity contribution is 6.04. The Labute approximate surface area is 173 Å². The van der Waals surface area contributed by atoms with Crippen molar-refractivity contribution < 1.29 is 9.32 Å². The number of nitrogens with zero attached hydrogens (tertiary/aromatic N) is 4. The molecule has 0 bridgehead atoms. The van der Waals surface area contributed by atoms with Crippen molar-refractivity contribution in [1.29, 1.82) is 0 Å². The predicted octanol–water partition coefficient (Wildman–Crippen LogP) is 3.41. The lowest BCUT2D eigenvalue weighted by Crippen LogP contribution is -2.28. The molecule has 4 aromatic rings. The smallest absolute Gasteiger partial charge is 0.274 e. The number of hydrogen-bond donors (Lipinski definition) is 2. The van der Waals surface area contributed by atoms with Gasteiger partial charge in [-0.3, -0.25) is 9.20 Å². The van der Waals surface area contributed by atoms with Gasteiger partial charge in [-0.1, -0.05) is 23.4 Å². The average molecular weight is 402 g/mol. The van der Waals surface area contributed by atoms with Crippen LogP contribution < -0.4 is 10.6 Å². The van der Waals surface area contributed by atoms with Gasteiger partial charge in [-0.25, -0.2) is 4.98 Å². The second-order valence-electron chi connectivity index (χ2n) is 7.56. The van der Waals surface area contributed by atoms with Gasteiger partial charge in [0.25, 0.3) is 5.91 Å². The molecule has 1 fully saturated rings. The number of rotatable bonds is 4. The summed E-state index contributed by atoms with van der Waals surface area (Å²) in [7, 11) is 0. The lowest BCUT2D eigenvalue weighted by molar-refractivity contribution is 0.102. The number of imidazole rings is 1. The van der Waals surface area contributed by atoms with E-state index in [1.807, 2.05) is 49.5 Å². The molecule has 0 saturated carbocycles. The molecule has 0 spiro atoms. The largest absolute Gasteiger partial charge is 0.339 e. The van der Waals surface area contributed by atoms with E-state index in [4.69, 9.17) is 4.52 Å². The first kappa shape index (κ1) is 18.5. The molecule has 8 heteroatoms. The third-order valence-corrected chi connectivity index (χ3v) is 5.48. The van der Waals surface area contributed by atoms with E-state index in [0.29, 0.717) is 23.1 Å². The molecule has 1 aliphatic heterocycles. The van der Waals surface area contributed by atoms with Crippen LogP contribution in [-0.4, -0.2) is 38.5 Å². The fourth-order valence-electron chi connectivity index (χ4n) is 3.76. The first-order valence-electron chi connectivity index (χ1n) is 10.1. The van der Waals surface area contributed by atoms with E-state index in [0.717, 1.165) is 42.7 Å². The molecule has 1 aliphatic rings. The van der Waals surface area contributed by atoms with Crippen LogP contribution in [0.5, 0.6) is 0 Å². The summed E-state index contributed by atoms with van der Waals surface area (Å²) in [6.07, 6.45) is 5.55. The molecule has 1 aromatic carbocycles. The number of amides is 1. The third kappa shape index (κ3) is 3.46. The van der Waals surface area contributed by atoms with Crippen molar-refractivity contribution in [3.8, 4) is 11.4 Å². The third-order valence-electron chi connectivity index (χ3n) is 5.48. The number of fused-ring (bicyclic) bond motifs is 1. The number of aryl methyl sites for hydroxylation is 1. The van der Waals surface area contributed by atoms with Crippen LogP contribution in [0.25, 0.3) is 17.0 Å². The zero-order valence-corrected chi connectivity index (χ0v) is 16.6. The normalized spacial score (nSPS) is 16.6. The number of benzene rings is 1. The zero-order chi connectivity index (χ0) is 20.5. The number of nitrogens with one attached hydrogen (secondary N) is 2. The quantitative estimate of drug-likeness (QED) is 0.543. The van der Waals surface area contributed by atoms with E-state index >= 15 is 0 Å².